The van der Waals surface area contributed by atoms with Crippen molar-refractivity contribution >= 4 is 5.97 Å². The summed E-state index contributed by atoms with van der Waals surface area (Å²) in [6, 6.07) is 2.74. The van der Waals surface area contributed by atoms with Gasteiger partial charge in [0, 0.05) is 11.8 Å². The highest BCUT2D eigenvalue weighted by Crippen LogP contribution is 2.53. The molecule has 24 heavy (non-hydrogen) atoms. The minimum atomic E-state index is -4.75. The molecule has 0 radical (unpaired) electrons. The zero-order chi connectivity index (χ0) is 18.3. The Morgan fingerprint density at radius 1 is 1.29 bits per heavy atom. The summed E-state index contributed by atoms with van der Waals surface area (Å²) in [5, 5.41) is 0. The van der Waals surface area contributed by atoms with Crippen LogP contribution in [-0.2, 0) is 14.3 Å². The van der Waals surface area contributed by atoms with E-state index in [0.29, 0.717) is 0 Å². The van der Waals surface area contributed by atoms with Gasteiger partial charge in [0.05, 0.1) is 6.61 Å². The van der Waals surface area contributed by atoms with Crippen molar-refractivity contribution < 1.29 is 36.2 Å². The summed E-state index contributed by atoms with van der Waals surface area (Å²) >= 11 is 0. The third kappa shape index (κ3) is 2.99. The molecule has 1 aromatic carbocycles. The van der Waals surface area contributed by atoms with Gasteiger partial charge in [-0.3, -0.25) is 0 Å². The number of carbonyl (C=O) groups excluding carboxylic acids is 1. The average molecular weight is 352 g/mol. The third-order valence-corrected chi connectivity index (χ3v) is 4.52. The van der Waals surface area contributed by atoms with Crippen LogP contribution in [0.5, 0.6) is 0 Å². The van der Waals surface area contributed by atoms with Crippen LogP contribution in [0.3, 0.4) is 0 Å². The maximum absolute atomic E-state index is 13.5. The van der Waals surface area contributed by atoms with Gasteiger partial charge in [0.1, 0.15) is 0 Å². The minimum Gasteiger partial charge on any atom is -0.464 e. The number of benzene rings is 1. The summed E-state index contributed by atoms with van der Waals surface area (Å²) in [6.45, 7) is 3.56. The van der Waals surface area contributed by atoms with Crippen LogP contribution < -0.4 is 0 Å². The fourth-order valence-corrected chi connectivity index (χ4v) is 2.98. The van der Waals surface area contributed by atoms with Crippen LogP contribution in [0.15, 0.2) is 18.2 Å². The van der Waals surface area contributed by atoms with Crippen LogP contribution in [0.2, 0.25) is 0 Å². The van der Waals surface area contributed by atoms with E-state index in [2.05, 4.69) is 0 Å². The number of ether oxygens (including phenoxy) is 2. The molecular weight excluding hydrogens is 335 g/mol. The van der Waals surface area contributed by atoms with Crippen LogP contribution in [-0.4, -0.2) is 30.5 Å². The first-order chi connectivity index (χ1) is 11.0. The first kappa shape index (κ1) is 18.6. The molecule has 0 aliphatic carbocycles. The molecule has 1 heterocycles. The van der Waals surface area contributed by atoms with Gasteiger partial charge in [0.25, 0.3) is 0 Å². The number of esters is 1. The van der Waals surface area contributed by atoms with Gasteiger partial charge in [-0.2, -0.15) is 13.2 Å². The molecule has 1 fully saturated rings. The lowest BCUT2D eigenvalue weighted by atomic mass is 9.77. The Balaban J connectivity index is 2.51. The van der Waals surface area contributed by atoms with Crippen molar-refractivity contribution in [1.82, 2.24) is 0 Å². The maximum Gasteiger partial charge on any atom is 0.417 e. The molecule has 1 aliphatic rings. The number of hydrogen-bond donors (Lipinski definition) is 0. The Labute approximate surface area is 135 Å². The quantitative estimate of drug-likeness (QED) is 0.610. The second kappa shape index (κ2) is 6.31. The van der Waals surface area contributed by atoms with Crippen molar-refractivity contribution in [2.45, 2.75) is 44.6 Å². The number of hydrogen-bond acceptors (Lipinski definition) is 3. The lowest BCUT2D eigenvalue weighted by Crippen LogP contribution is -2.47. The van der Waals surface area contributed by atoms with Gasteiger partial charge in [-0.05, 0) is 31.5 Å². The van der Waals surface area contributed by atoms with Crippen molar-refractivity contribution in [3.63, 3.8) is 0 Å². The van der Waals surface area contributed by atoms with Gasteiger partial charge < -0.3 is 9.47 Å². The Morgan fingerprint density at radius 2 is 1.92 bits per heavy atom. The number of halogens is 5. The fraction of sp³-hybridized carbons (Fsp3) is 0.562. The van der Waals surface area contributed by atoms with Crippen molar-refractivity contribution in [3.05, 3.63) is 35.4 Å². The standard InChI is InChI=1S/C16H17F5O3/c1-4-23-14(22)13-12(9-5-6-10(17)11(18)7-9)8(2)15(3,24-13)16(19,20)21/h5-8,12-13H,4H2,1-3H3/t8-,12-,13-,15+/m0/s1. The molecule has 0 saturated carbocycles. The van der Waals surface area contributed by atoms with Gasteiger partial charge in [0.15, 0.2) is 23.3 Å². The highest BCUT2D eigenvalue weighted by molar-refractivity contribution is 5.77. The molecule has 0 aromatic heterocycles. The molecule has 2 rings (SSSR count). The Morgan fingerprint density at radius 3 is 2.42 bits per heavy atom. The molecule has 4 atom stereocenters. The van der Waals surface area contributed by atoms with Crippen molar-refractivity contribution in [3.8, 4) is 0 Å². The van der Waals surface area contributed by atoms with E-state index < -0.39 is 47.3 Å². The van der Waals surface area contributed by atoms with E-state index in [1.165, 1.54) is 13.8 Å². The molecular formula is C16H17F5O3. The highest BCUT2D eigenvalue weighted by atomic mass is 19.4. The van der Waals surface area contributed by atoms with E-state index in [9.17, 15) is 26.7 Å². The average Bonchev–Trinajstić information content (AvgIpc) is 2.76. The zero-order valence-electron chi connectivity index (χ0n) is 13.3. The first-order valence-electron chi connectivity index (χ1n) is 7.39. The number of alkyl halides is 3. The summed E-state index contributed by atoms with van der Waals surface area (Å²) < 4.78 is 76.8. The normalized spacial score (nSPS) is 30.4. The summed E-state index contributed by atoms with van der Waals surface area (Å²) in [5.74, 6) is -5.63. The predicted molar refractivity (Wildman–Crippen MR) is 74.2 cm³/mol. The van der Waals surface area contributed by atoms with E-state index in [-0.39, 0.29) is 12.2 Å². The summed E-state index contributed by atoms with van der Waals surface area (Å²) in [5.41, 5.74) is -2.56. The molecule has 1 saturated heterocycles. The summed E-state index contributed by atoms with van der Waals surface area (Å²) in [4.78, 5) is 12.1. The van der Waals surface area contributed by atoms with E-state index >= 15 is 0 Å². The van der Waals surface area contributed by atoms with Gasteiger partial charge in [-0.1, -0.05) is 13.0 Å². The topological polar surface area (TPSA) is 35.5 Å². The molecule has 0 amide bonds. The monoisotopic (exact) mass is 352 g/mol. The van der Waals surface area contributed by atoms with E-state index in [4.69, 9.17) is 9.47 Å². The lowest BCUT2D eigenvalue weighted by Gasteiger charge is -2.31. The van der Waals surface area contributed by atoms with Crippen LogP contribution in [0.4, 0.5) is 22.0 Å². The van der Waals surface area contributed by atoms with Gasteiger partial charge in [-0.15, -0.1) is 0 Å². The molecule has 0 bridgehead atoms. The molecule has 1 aromatic rings. The van der Waals surface area contributed by atoms with Gasteiger partial charge >= 0.3 is 12.1 Å². The molecule has 0 spiro atoms. The number of carbonyl (C=O) groups is 1. The van der Waals surface area contributed by atoms with E-state index in [1.807, 2.05) is 0 Å². The summed E-state index contributed by atoms with van der Waals surface area (Å²) in [7, 11) is 0. The lowest BCUT2D eigenvalue weighted by molar-refractivity contribution is -0.274. The SMILES string of the molecule is CCOC(=O)[C@H]1O[C@@](C)(C(F)(F)F)[C@@H](C)[C@H]1c1ccc(F)c(F)c1. The van der Waals surface area contributed by atoms with Crippen LogP contribution in [0.25, 0.3) is 0 Å². The molecule has 0 N–H and O–H groups in total. The largest absolute Gasteiger partial charge is 0.464 e. The Kier molecular flexibility index (Phi) is 4.90. The first-order valence-corrected chi connectivity index (χ1v) is 7.39. The second-order valence-electron chi connectivity index (χ2n) is 5.88. The van der Waals surface area contributed by atoms with Crippen LogP contribution in [0.1, 0.15) is 32.3 Å². The molecule has 1 aliphatic heterocycles. The van der Waals surface area contributed by atoms with Crippen molar-refractivity contribution in [1.29, 1.82) is 0 Å². The second-order valence-corrected chi connectivity index (χ2v) is 5.88. The zero-order valence-corrected chi connectivity index (χ0v) is 13.3. The van der Waals surface area contributed by atoms with Crippen LogP contribution >= 0.6 is 0 Å². The van der Waals surface area contributed by atoms with E-state index in [0.717, 1.165) is 25.1 Å². The third-order valence-electron chi connectivity index (χ3n) is 4.52. The minimum absolute atomic E-state index is 0.0414. The highest BCUT2D eigenvalue weighted by Gasteiger charge is 2.65. The predicted octanol–water partition coefficient (Wildman–Crippen LogP) is 3.97. The maximum atomic E-state index is 13.5. The fourth-order valence-electron chi connectivity index (χ4n) is 2.98. The van der Waals surface area contributed by atoms with Crippen molar-refractivity contribution in [2.75, 3.05) is 6.61 Å². The molecule has 3 nitrogen and oxygen atoms in total. The number of rotatable bonds is 3. The smallest absolute Gasteiger partial charge is 0.417 e. The van der Waals surface area contributed by atoms with E-state index in [1.54, 1.807) is 0 Å². The summed E-state index contributed by atoms with van der Waals surface area (Å²) in [6.07, 6.45) is -6.30. The van der Waals surface area contributed by atoms with Gasteiger partial charge in [0.2, 0.25) is 0 Å². The van der Waals surface area contributed by atoms with Crippen molar-refractivity contribution in [2.24, 2.45) is 5.92 Å². The van der Waals surface area contributed by atoms with Crippen LogP contribution in [0, 0.1) is 17.6 Å². The molecule has 8 heteroatoms. The van der Waals surface area contributed by atoms with Gasteiger partial charge in [-0.25, -0.2) is 13.6 Å². The Hall–Kier alpha value is -1.70. The molecule has 0 unspecified atom stereocenters. The Bertz CT molecular complexity index is 631. The molecule has 134 valence electrons.